The number of aromatic nitrogens is 6. The number of halogens is 3. The van der Waals surface area contributed by atoms with Crippen LogP contribution in [-0.4, -0.2) is 86.0 Å². The van der Waals surface area contributed by atoms with Crippen LogP contribution in [0.3, 0.4) is 0 Å². The van der Waals surface area contributed by atoms with Gasteiger partial charge in [-0.3, -0.25) is 9.20 Å². The van der Waals surface area contributed by atoms with Crippen LogP contribution in [-0.2, 0) is 36.1 Å². The zero-order valence-electron chi connectivity index (χ0n) is 24.1. The molecule has 0 spiro atoms. The number of aryl methyl sites for hydroxylation is 2. The average molecular weight is 633 g/mol. The number of amides is 1. The molecule has 44 heavy (non-hydrogen) atoms. The van der Waals surface area contributed by atoms with E-state index in [4.69, 9.17) is 0 Å². The lowest BCUT2D eigenvalue weighted by Gasteiger charge is -2.35. The molecule has 13 nitrogen and oxygen atoms in total. The quantitative estimate of drug-likeness (QED) is 0.325. The number of rotatable bonds is 7. The Morgan fingerprint density at radius 1 is 1.00 bits per heavy atom. The zero-order valence-corrected chi connectivity index (χ0v) is 24.9. The van der Waals surface area contributed by atoms with Crippen molar-refractivity contribution >= 4 is 33.3 Å². The maximum Gasteiger partial charge on any atom is 0.511 e. The van der Waals surface area contributed by atoms with Gasteiger partial charge in [0.15, 0.2) is 0 Å². The molecular formula is C27H31F3N10O3S. The standard InChI is InChI=1S/C27H31F3N10O3S/c1-3-21-23(39-16-18(2)14-32-25(39)33-21)24(41)31-15-19-4-6-20(7-5-19)36-8-10-37(11-9-36)26-34-22-17-38(12-13-40(22)35-26)44(42,43)27(28,29)30/h4-7,14,16H,3,8-13,15,17H2,1-2H3,(H,31,41). The molecule has 4 aromatic rings. The van der Waals surface area contributed by atoms with Crippen LogP contribution in [0.2, 0.25) is 0 Å². The van der Waals surface area contributed by atoms with Gasteiger partial charge in [-0.15, -0.1) is 5.10 Å². The highest BCUT2D eigenvalue weighted by molar-refractivity contribution is 7.89. The van der Waals surface area contributed by atoms with Crippen LogP contribution in [0.25, 0.3) is 5.78 Å². The molecule has 0 aliphatic carbocycles. The lowest BCUT2D eigenvalue weighted by atomic mass is 10.1. The molecule has 1 amide bonds. The first-order valence-corrected chi connectivity index (χ1v) is 15.6. The lowest BCUT2D eigenvalue weighted by molar-refractivity contribution is -0.0496. The van der Waals surface area contributed by atoms with E-state index in [1.54, 1.807) is 10.6 Å². The molecule has 1 saturated heterocycles. The molecule has 2 aliphatic heterocycles. The molecule has 1 fully saturated rings. The maximum atomic E-state index is 13.1. The van der Waals surface area contributed by atoms with Crippen molar-refractivity contribution in [1.82, 2.24) is 38.8 Å². The maximum absolute atomic E-state index is 13.1. The van der Waals surface area contributed by atoms with E-state index in [0.29, 0.717) is 66.6 Å². The van der Waals surface area contributed by atoms with Crippen LogP contribution in [0, 0.1) is 6.92 Å². The summed E-state index contributed by atoms with van der Waals surface area (Å²) >= 11 is 0. The third-order valence-corrected chi connectivity index (χ3v) is 9.37. The molecule has 0 radical (unpaired) electrons. The highest BCUT2D eigenvalue weighted by atomic mass is 32.2. The molecule has 3 aromatic heterocycles. The van der Waals surface area contributed by atoms with E-state index >= 15 is 0 Å². The second-order valence-corrected chi connectivity index (χ2v) is 12.7. The third kappa shape index (κ3) is 5.56. The highest BCUT2D eigenvalue weighted by Gasteiger charge is 2.50. The number of imidazole rings is 1. The molecule has 0 saturated carbocycles. The predicted octanol–water partition coefficient (Wildman–Crippen LogP) is 2.11. The fourth-order valence-electron chi connectivity index (χ4n) is 5.40. The number of carbonyl (C=O) groups is 1. The van der Waals surface area contributed by atoms with E-state index < -0.39 is 22.1 Å². The molecule has 1 aromatic carbocycles. The first-order valence-electron chi connectivity index (χ1n) is 14.2. The number of carbonyl (C=O) groups excluding carboxylic acids is 1. The Morgan fingerprint density at radius 2 is 1.70 bits per heavy atom. The number of hydrogen-bond acceptors (Lipinski definition) is 9. The van der Waals surface area contributed by atoms with Gasteiger partial charge in [-0.25, -0.2) is 23.1 Å². The minimum absolute atomic E-state index is 0.000118. The third-order valence-electron chi connectivity index (χ3n) is 7.80. The van der Waals surface area contributed by atoms with Crippen LogP contribution in [0.4, 0.5) is 24.8 Å². The number of benzene rings is 1. The average Bonchev–Trinajstić information content (AvgIpc) is 3.60. The molecule has 0 bridgehead atoms. The lowest BCUT2D eigenvalue weighted by Crippen LogP contribution is -2.47. The van der Waals surface area contributed by atoms with Crippen molar-refractivity contribution in [1.29, 1.82) is 0 Å². The number of alkyl halides is 3. The Labute approximate surface area is 251 Å². The Kier molecular flexibility index (Phi) is 7.69. The van der Waals surface area contributed by atoms with Gasteiger partial charge < -0.3 is 15.1 Å². The van der Waals surface area contributed by atoms with Crippen molar-refractivity contribution in [3.63, 3.8) is 0 Å². The Balaban J connectivity index is 1.04. The SMILES string of the molecule is CCc1nc2ncc(C)cn2c1C(=O)NCc1ccc(N2CCN(c3nc4n(n3)CCN(S(=O)(=O)C(F)(F)F)C4)CC2)cc1. The van der Waals surface area contributed by atoms with E-state index in [0.717, 1.165) is 16.8 Å². The van der Waals surface area contributed by atoms with E-state index in [-0.39, 0.29) is 24.8 Å². The monoisotopic (exact) mass is 632 g/mol. The van der Waals surface area contributed by atoms with Gasteiger partial charge in [-0.2, -0.15) is 22.5 Å². The van der Waals surface area contributed by atoms with Crippen LogP contribution >= 0.6 is 0 Å². The first kappa shape index (κ1) is 29.8. The second kappa shape index (κ2) is 11.4. The van der Waals surface area contributed by atoms with Crippen molar-refractivity contribution in [3.05, 3.63) is 65.0 Å². The van der Waals surface area contributed by atoms with Gasteiger partial charge in [0.2, 0.25) is 11.7 Å². The van der Waals surface area contributed by atoms with Crippen LogP contribution in [0.1, 0.15) is 40.1 Å². The number of piperazine rings is 1. The molecular weight excluding hydrogens is 601 g/mol. The number of nitrogens with zero attached hydrogens (tertiary/aromatic N) is 9. The minimum atomic E-state index is -5.42. The van der Waals surface area contributed by atoms with Crippen molar-refractivity contribution in [3.8, 4) is 0 Å². The summed E-state index contributed by atoms with van der Waals surface area (Å²) in [6.45, 7) is 5.91. The molecule has 5 heterocycles. The van der Waals surface area contributed by atoms with Gasteiger partial charge in [-0.1, -0.05) is 19.1 Å². The van der Waals surface area contributed by atoms with E-state index in [2.05, 4.69) is 30.3 Å². The van der Waals surface area contributed by atoms with Gasteiger partial charge in [0.05, 0.1) is 18.8 Å². The number of nitrogens with one attached hydrogen (secondary N) is 1. The smallest absolute Gasteiger partial charge is 0.368 e. The minimum Gasteiger partial charge on any atom is -0.368 e. The topological polar surface area (TPSA) is 134 Å². The Hall–Kier alpha value is -4.25. The molecule has 17 heteroatoms. The summed E-state index contributed by atoms with van der Waals surface area (Å²) in [5.41, 5.74) is -1.29. The summed E-state index contributed by atoms with van der Waals surface area (Å²) in [5.74, 6) is 0.836. The number of fused-ring (bicyclic) bond motifs is 2. The predicted molar refractivity (Wildman–Crippen MR) is 155 cm³/mol. The van der Waals surface area contributed by atoms with Gasteiger partial charge in [-0.05, 0) is 36.6 Å². The van der Waals surface area contributed by atoms with Gasteiger partial charge in [0.25, 0.3) is 5.91 Å². The second-order valence-electron chi connectivity index (χ2n) is 10.7. The van der Waals surface area contributed by atoms with Crippen LogP contribution < -0.4 is 15.1 Å². The van der Waals surface area contributed by atoms with Crippen molar-refractivity contribution in [2.45, 2.75) is 45.4 Å². The molecule has 6 rings (SSSR count). The van der Waals surface area contributed by atoms with Crippen LogP contribution in [0.15, 0.2) is 36.7 Å². The normalized spacial score (nSPS) is 16.4. The zero-order chi connectivity index (χ0) is 31.2. The highest BCUT2D eigenvalue weighted by Crippen LogP contribution is 2.30. The summed E-state index contributed by atoms with van der Waals surface area (Å²) < 4.78 is 66.2. The van der Waals surface area contributed by atoms with E-state index in [1.807, 2.05) is 49.2 Å². The molecule has 1 N–H and O–H groups in total. The first-order chi connectivity index (χ1) is 20.9. The Bertz CT molecular complexity index is 1800. The van der Waals surface area contributed by atoms with Crippen molar-refractivity contribution < 1.29 is 26.4 Å². The summed E-state index contributed by atoms with van der Waals surface area (Å²) in [6.07, 6.45) is 4.19. The largest absolute Gasteiger partial charge is 0.511 e. The Morgan fingerprint density at radius 3 is 2.39 bits per heavy atom. The number of anilines is 2. The van der Waals surface area contributed by atoms with Crippen molar-refractivity contribution in [2.24, 2.45) is 0 Å². The van der Waals surface area contributed by atoms with Gasteiger partial charge in [0.1, 0.15) is 11.5 Å². The molecule has 234 valence electrons. The fourth-order valence-corrected chi connectivity index (χ4v) is 6.30. The summed E-state index contributed by atoms with van der Waals surface area (Å²) in [5, 5.41) is 7.41. The number of hydrogen-bond donors (Lipinski definition) is 1. The number of sulfonamides is 1. The fraction of sp³-hybridized carbons (Fsp3) is 0.444. The molecule has 0 unspecified atom stereocenters. The van der Waals surface area contributed by atoms with Crippen LogP contribution in [0.5, 0.6) is 0 Å². The summed E-state index contributed by atoms with van der Waals surface area (Å²) in [6, 6.07) is 7.93. The van der Waals surface area contributed by atoms with Crippen molar-refractivity contribution in [2.75, 3.05) is 42.5 Å². The molecule has 0 atom stereocenters. The van der Waals surface area contributed by atoms with E-state index in [9.17, 15) is 26.4 Å². The summed E-state index contributed by atoms with van der Waals surface area (Å²) in [4.78, 5) is 30.4. The molecule has 2 aliphatic rings. The van der Waals surface area contributed by atoms with Gasteiger partial charge in [0, 0.05) is 57.3 Å². The van der Waals surface area contributed by atoms with Gasteiger partial charge >= 0.3 is 15.5 Å². The summed E-state index contributed by atoms with van der Waals surface area (Å²) in [7, 11) is -5.42. The van der Waals surface area contributed by atoms with E-state index in [1.165, 1.54) is 4.68 Å².